The average Bonchev–Trinajstić information content (AvgIpc) is 2.73. The minimum Gasteiger partial charge on any atom is -0.478 e. The average molecular weight is 235 g/mol. The summed E-state index contributed by atoms with van der Waals surface area (Å²) in [4.78, 5) is 25.0. The van der Waals surface area contributed by atoms with Gasteiger partial charge in [0.25, 0.3) is 5.56 Å². The number of carboxylic acid groups (broad SMARTS) is 1. The molecule has 0 bridgehead atoms. The summed E-state index contributed by atoms with van der Waals surface area (Å²) < 4.78 is 0. The SMILES string of the molecule is O=C(O)c1cc[nH]c(=O)c1Cc1ccsc1. The van der Waals surface area contributed by atoms with Gasteiger partial charge in [0.05, 0.1) is 5.56 Å². The summed E-state index contributed by atoms with van der Waals surface area (Å²) in [6.07, 6.45) is 1.70. The van der Waals surface area contributed by atoms with Crippen molar-refractivity contribution in [2.75, 3.05) is 0 Å². The Hall–Kier alpha value is -1.88. The highest BCUT2D eigenvalue weighted by molar-refractivity contribution is 7.07. The Morgan fingerprint density at radius 2 is 2.25 bits per heavy atom. The van der Waals surface area contributed by atoms with E-state index in [2.05, 4.69) is 4.98 Å². The molecule has 16 heavy (non-hydrogen) atoms. The van der Waals surface area contributed by atoms with Gasteiger partial charge in [-0.3, -0.25) is 4.79 Å². The summed E-state index contributed by atoms with van der Waals surface area (Å²) in [6, 6.07) is 3.29. The van der Waals surface area contributed by atoms with Gasteiger partial charge in [-0.2, -0.15) is 11.3 Å². The number of carbonyl (C=O) groups is 1. The Bertz CT molecular complexity index is 557. The molecule has 2 aromatic rings. The standard InChI is InChI=1S/C11H9NO3S/c13-10-9(5-7-2-4-16-6-7)8(11(14)15)1-3-12-10/h1-4,6H,5H2,(H,12,13)(H,14,15). The van der Waals surface area contributed by atoms with Crippen LogP contribution in [0.2, 0.25) is 0 Å². The quantitative estimate of drug-likeness (QED) is 0.851. The lowest BCUT2D eigenvalue weighted by molar-refractivity contribution is 0.0695. The molecule has 5 heteroatoms. The second-order valence-corrected chi connectivity index (χ2v) is 4.09. The Kier molecular flexibility index (Phi) is 2.87. The minimum atomic E-state index is -1.07. The van der Waals surface area contributed by atoms with E-state index in [1.807, 2.05) is 16.8 Å². The molecule has 0 amide bonds. The van der Waals surface area contributed by atoms with Crippen molar-refractivity contribution in [2.45, 2.75) is 6.42 Å². The lowest BCUT2D eigenvalue weighted by atomic mass is 10.0. The molecule has 0 atom stereocenters. The van der Waals surface area contributed by atoms with Crippen LogP contribution in [-0.4, -0.2) is 16.1 Å². The van der Waals surface area contributed by atoms with Crippen molar-refractivity contribution in [3.63, 3.8) is 0 Å². The van der Waals surface area contributed by atoms with E-state index in [1.165, 1.54) is 23.6 Å². The van der Waals surface area contributed by atoms with E-state index in [4.69, 9.17) is 5.11 Å². The Labute approximate surface area is 95.2 Å². The molecule has 0 radical (unpaired) electrons. The zero-order valence-electron chi connectivity index (χ0n) is 8.27. The lowest BCUT2D eigenvalue weighted by Crippen LogP contribution is -2.17. The smallest absolute Gasteiger partial charge is 0.336 e. The van der Waals surface area contributed by atoms with Gasteiger partial charge in [-0.1, -0.05) is 0 Å². The van der Waals surface area contributed by atoms with Crippen LogP contribution < -0.4 is 5.56 Å². The zero-order chi connectivity index (χ0) is 11.5. The van der Waals surface area contributed by atoms with Crippen LogP contribution >= 0.6 is 11.3 Å². The third-order valence-electron chi connectivity index (χ3n) is 2.26. The molecule has 2 rings (SSSR count). The molecule has 2 heterocycles. The van der Waals surface area contributed by atoms with E-state index in [-0.39, 0.29) is 11.1 Å². The predicted molar refractivity (Wildman–Crippen MR) is 61.1 cm³/mol. The molecular formula is C11H9NO3S. The second kappa shape index (κ2) is 4.32. The highest BCUT2D eigenvalue weighted by Crippen LogP contribution is 2.13. The number of nitrogens with one attached hydrogen (secondary N) is 1. The molecule has 0 saturated carbocycles. The maximum atomic E-state index is 11.6. The third kappa shape index (κ3) is 2.04. The van der Waals surface area contributed by atoms with Crippen molar-refractivity contribution in [3.8, 4) is 0 Å². The van der Waals surface area contributed by atoms with E-state index in [1.54, 1.807) is 0 Å². The van der Waals surface area contributed by atoms with Gasteiger partial charge >= 0.3 is 5.97 Å². The molecule has 2 N–H and O–H groups in total. The van der Waals surface area contributed by atoms with Crippen molar-refractivity contribution < 1.29 is 9.90 Å². The number of H-pyrrole nitrogens is 1. The molecule has 2 aromatic heterocycles. The van der Waals surface area contributed by atoms with Crippen LogP contribution in [0.5, 0.6) is 0 Å². The van der Waals surface area contributed by atoms with E-state index in [0.29, 0.717) is 12.0 Å². The van der Waals surface area contributed by atoms with Crippen LogP contribution in [0.4, 0.5) is 0 Å². The maximum absolute atomic E-state index is 11.6. The first-order chi connectivity index (χ1) is 7.68. The van der Waals surface area contributed by atoms with Crippen molar-refractivity contribution >= 4 is 17.3 Å². The molecule has 0 aliphatic heterocycles. The number of aromatic carboxylic acids is 1. The molecule has 0 saturated heterocycles. The number of aromatic nitrogens is 1. The number of hydrogen-bond donors (Lipinski definition) is 2. The van der Waals surface area contributed by atoms with Gasteiger partial charge in [-0.25, -0.2) is 4.79 Å². The largest absolute Gasteiger partial charge is 0.478 e. The topological polar surface area (TPSA) is 70.2 Å². The first-order valence-electron chi connectivity index (χ1n) is 4.63. The monoisotopic (exact) mass is 235 g/mol. The zero-order valence-corrected chi connectivity index (χ0v) is 9.08. The summed E-state index contributed by atoms with van der Waals surface area (Å²) in [6.45, 7) is 0. The molecule has 0 unspecified atom stereocenters. The molecule has 4 nitrogen and oxygen atoms in total. The van der Waals surface area contributed by atoms with Crippen molar-refractivity contribution in [3.05, 3.63) is 56.1 Å². The Balaban J connectivity index is 2.46. The number of rotatable bonds is 3. The second-order valence-electron chi connectivity index (χ2n) is 3.31. The summed E-state index contributed by atoms with van der Waals surface area (Å²) in [7, 11) is 0. The summed E-state index contributed by atoms with van der Waals surface area (Å²) in [5, 5.41) is 12.8. The van der Waals surface area contributed by atoms with Gasteiger partial charge in [0, 0.05) is 18.2 Å². The van der Waals surface area contributed by atoms with Gasteiger partial charge in [-0.05, 0) is 28.5 Å². The fraction of sp³-hybridized carbons (Fsp3) is 0.0909. The third-order valence-corrected chi connectivity index (χ3v) is 2.99. The highest BCUT2D eigenvalue weighted by Gasteiger charge is 2.13. The predicted octanol–water partition coefficient (Wildman–Crippen LogP) is 1.73. The van der Waals surface area contributed by atoms with Crippen LogP contribution in [0, 0.1) is 0 Å². The van der Waals surface area contributed by atoms with Crippen molar-refractivity contribution in [1.29, 1.82) is 0 Å². The van der Waals surface area contributed by atoms with Gasteiger partial charge in [0.1, 0.15) is 0 Å². The molecule has 0 aliphatic carbocycles. The fourth-order valence-electron chi connectivity index (χ4n) is 1.48. The van der Waals surface area contributed by atoms with Gasteiger partial charge in [0.15, 0.2) is 0 Å². The molecular weight excluding hydrogens is 226 g/mol. The molecule has 82 valence electrons. The number of aromatic amines is 1. The van der Waals surface area contributed by atoms with Crippen molar-refractivity contribution in [2.24, 2.45) is 0 Å². The number of pyridine rings is 1. The highest BCUT2D eigenvalue weighted by atomic mass is 32.1. The number of hydrogen-bond acceptors (Lipinski definition) is 3. The van der Waals surface area contributed by atoms with Crippen molar-refractivity contribution in [1.82, 2.24) is 4.98 Å². The molecule has 0 aliphatic rings. The number of thiophene rings is 1. The summed E-state index contributed by atoms with van der Waals surface area (Å²) in [5.41, 5.74) is 0.971. The Morgan fingerprint density at radius 3 is 2.88 bits per heavy atom. The summed E-state index contributed by atoms with van der Waals surface area (Å²) in [5.74, 6) is -1.07. The number of carboxylic acids is 1. The van der Waals surface area contributed by atoms with Crippen LogP contribution in [0.15, 0.2) is 33.9 Å². The Morgan fingerprint density at radius 1 is 1.44 bits per heavy atom. The molecule has 0 fully saturated rings. The van der Waals surface area contributed by atoms with E-state index < -0.39 is 5.97 Å². The molecule has 0 aromatic carbocycles. The maximum Gasteiger partial charge on any atom is 0.336 e. The van der Waals surface area contributed by atoms with Gasteiger partial charge in [-0.15, -0.1) is 0 Å². The summed E-state index contributed by atoms with van der Waals surface area (Å²) >= 11 is 1.52. The van der Waals surface area contributed by atoms with Crippen LogP contribution in [0.1, 0.15) is 21.5 Å². The van der Waals surface area contributed by atoms with Crippen LogP contribution in [0.3, 0.4) is 0 Å². The van der Waals surface area contributed by atoms with E-state index in [0.717, 1.165) is 5.56 Å². The molecule has 0 spiro atoms. The van der Waals surface area contributed by atoms with Crippen LogP contribution in [0.25, 0.3) is 0 Å². The van der Waals surface area contributed by atoms with E-state index in [9.17, 15) is 9.59 Å². The first kappa shape index (κ1) is 10.6. The lowest BCUT2D eigenvalue weighted by Gasteiger charge is -2.02. The van der Waals surface area contributed by atoms with Crippen LogP contribution in [-0.2, 0) is 6.42 Å². The van der Waals surface area contributed by atoms with Gasteiger partial charge < -0.3 is 10.1 Å². The van der Waals surface area contributed by atoms with E-state index >= 15 is 0 Å². The fourth-order valence-corrected chi connectivity index (χ4v) is 2.15. The van der Waals surface area contributed by atoms with Gasteiger partial charge in [0.2, 0.25) is 0 Å². The minimum absolute atomic E-state index is 0.0648. The normalized spacial score (nSPS) is 10.2. The first-order valence-corrected chi connectivity index (χ1v) is 5.57.